The number of nitrogens with zero attached hydrogens (tertiary/aromatic N) is 1. The second-order valence-electron chi connectivity index (χ2n) is 7.57. The highest BCUT2D eigenvalue weighted by atomic mass is 16.5. The lowest BCUT2D eigenvalue weighted by Crippen LogP contribution is -2.40. The third kappa shape index (κ3) is 3.41. The van der Waals surface area contributed by atoms with Crippen LogP contribution in [-0.4, -0.2) is 37.4 Å². The number of piperidine rings is 1. The summed E-state index contributed by atoms with van der Waals surface area (Å²) < 4.78 is 5.44. The van der Waals surface area contributed by atoms with Crippen molar-refractivity contribution in [3.8, 4) is 5.75 Å². The van der Waals surface area contributed by atoms with Gasteiger partial charge in [0.2, 0.25) is 0 Å². The molecule has 0 amide bonds. The molecule has 0 N–H and O–H groups in total. The van der Waals surface area contributed by atoms with Crippen LogP contribution >= 0.6 is 0 Å². The van der Waals surface area contributed by atoms with Gasteiger partial charge in [-0.05, 0) is 56.3 Å². The maximum absolute atomic E-state index is 13.0. The number of fused-ring (bicyclic) bond motifs is 1. The molecule has 3 nitrogen and oxygen atoms in total. The highest BCUT2D eigenvalue weighted by Gasteiger charge is 2.31. The minimum absolute atomic E-state index is 0.128. The molecule has 26 heavy (non-hydrogen) atoms. The Morgan fingerprint density at radius 2 is 1.77 bits per heavy atom. The van der Waals surface area contributed by atoms with Crippen molar-refractivity contribution in [3.05, 3.63) is 65.2 Å². The summed E-state index contributed by atoms with van der Waals surface area (Å²) in [7, 11) is 1.68. The molecule has 3 heteroatoms. The molecule has 0 radical (unpaired) electrons. The smallest absolute Gasteiger partial charge is 0.167 e. The molecule has 2 aromatic rings. The molecule has 1 fully saturated rings. The van der Waals surface area contributed by atoms with Gasteiger partial charge in [0, 0.05) is 23.6 Å². The Morgan fingerprint density at radius 1 is 1.00 bits per heavy atom. The first-order valence-electron chi connectivity index (χ1n) is 9.73. The number of hydrogen-bond acceptors (Lipinski definition) is 3. The molecular formula is C23H27NO2. The molecule has 2 aliphatic rings. The fourth-order valence-electron chi connectivity index (χ4n) is 4.58. The minimum atomic E-state index is 0.128. The van der Waals surface area contributed by atoms with Gasteiger partial charge in [0.05, 0.1) is 7.11 Å². The van der Waals surface area contributed by atoms with E-state index in [-0.39, 0.29) is 5.92 Å². The van der Waals surface area contributed by atoms with Crippen LogP contribution in [0.5, 0.6) is 5.75 Å². The van der Waals surface area contributed by atoms with Crippen molar-refractivity contribution in [2.24, 2.45) is 5.92 Å². The van der Waals surface area contributed by atoms with Crippen LogP contribution in [0.1, 0.15) is 46.7 Å². The monoisotopic (exact) mass is 349 g/mol. The van der Waals surface area contributed by atoms with E-state index in [0.717, 1.165) is 49.4 Å². The Balaban J connectivity index is 1.38. The summed E-state index contributed by atoms with van der Waals surface area (Å²) in [6.07, 6.45) is 4.26. The zero-order valence-electron chi connectivity index (χ0n) is 15.5. The van der Waals surface area contributed by atoms with Crippen molar-refractivity contribution in [2.45, 2.75) is 31.6 Å². The molecule has 0 spiro atoms. The van der Waals surface area contributed by atoms with Crippen molar-refractivity contribution in [1.29, 1.82) is 0 Å². The van der Waals surface area contributed by atoms with Gasteiger partial charge >= 0.3 is 0 Å². The van der Waals surface area contributed by atoms with Gasteiger partial charge in [-0.25, -0.2) is 0 Å². The number of benzene rings is 2. The van der Waals surface area contributed by atoms with Gasteiger partial charge in [0.15, 0.2) is 5.78 Å². The predicted molar refractivity (Wildman–Crippen MR) is 104 cm³/mol. The Bertz CT molecular complexity index is 763. The van der Waals surface area contributed by atoms with E-state index in [2.05, 4.69) is 35.2 Å². The number of rotatable bonds is 4. The van der Waals surface area contributed by atoms with Crippen LogP contribution in [0.25, 0.3) is 0 Å². The van der Waals surface area contributed by atoms with Gasteiger partial charge in [-0.1, -0.05) is 42.5 Å². The number of likely N-dealkylation sites (tertiary alicyclic amines) is 1. The summed E-state index contributed by atoms with van der Waals surface area (Å²) in [6.45, 7) is 3.08. The molecule has 4 rings (SSSR count). The van der Waals surface area contributed by atoms with E-state index >= 15 is 0 Å². The van der Waals surface area contributed by atoms with Gasteiger partial charge in [-0.3, -0.25) is 4.79 Å². The highest BCUT2D eigenvalue weighted by molar-refractivity contribution is 6.01. The minimum Gasteiger partial charge on any atom is -0.496 e. The number of methoxy groups -OCH3 is 1. The number of carbonyl (C=O) groups excluding carboxylic acids is 1. The van der Waals surface area contributed by atoms with Crippen LogP contribution in [0.3, 0.4) is 0 Å². The van der Waals surface area contributed by atoms with Gasteiger partial charge in [0.25, 0.3) is 0 Å². The molecular weight excluding hydrogens is 322 g/mol. The first-order valence-corrected chi connectivity index (χ1v) is 9.73. The Morgan fingerprint density at radius 3 is 2.50 bits per heavy atom. The molecule has 1 atom stereocenters. The van der Waals surface area contributed by atoms with Crippen molar-refractivity contribution in [1.82, 2.24) is 4.90 Å². The zero-order valence-corrected chi connectivity index (χ0v) is 15.5. The van der Waals surface area contributed by atoms with Crippen LogP contribution in [0.2, 0.25) is 0 Å². The van der Waals surface area contributed by atoms with Crippen molar-refractivity contribution in [3.63, 3.8) is 0 Å². The van der Waals surface area contributed by atoms with E-state index in [4.69, 9.17) is 4.74 Å². The largest absolute Gasteiger partial charge is 0.496 e. The fraction of sp³-hybridized carbons (Fsp3) is 0.435. The normalized spacial score (nSPS) is 21.4. The van der Waals surface area contributed by atoms with E-state index < -0.39 is 0 Å². The maximum Gasteiger partial charge on any atom is 0.167 e. The Hall–Kier alpha value is -2.13. The first-order chi connectivity index (χ1) is 12.8. The van der Waals surface area contributed by atoms with Crippen molar-refractivity contribution >= 4 is 5.78 Å². The van der Waals surface area contributed by atoms with Crippen LogP contribution in [0.15, 0.2) is 48.5 Å². The van der Waals surface area contributed by atoms with Crippen molar-refractivity contribution in [2.75, 3.05) is 26.7 Å². The number of carbonyl (C=O) groups is 1. The van der Waals surface area contributed by atoms with Crippen LogP contribution < -0.4 is 4.74 Å². The molecule has 136 valence electrons. The van der Waals surface area contributed by atoms with Crippen molar-refractivity contribution < 1.29 is 9.53 Å². The van der Waals surface area contributed by atoms with Gasteiger partial charge in [-0.15, -0.1) is 0 Å². The standard InChI is InChI=1S/C23H27NO2/c1-26-22-9-5-8-21-20(22)11-10-19(23(21)25)16-24-14-12-18(13-15-24)17-6-3-2-4-7-17/h2-9,18-19H,10-16H2,1H3. The summed E-state index contributed by atoms with van der Waals surface area (Å²) in [4.78, 5) is 15.5. The lowest BCUT2D eigenvalue weighted by atomic mass is 9.81. The Labute approximate surface area is 156 Å². The lowest BCUT2D eigenvalue weighted by molar-refractivity contribution is 0.0839. The van der Waals surface area contributed by atoms with E-state index in [1.54, 1.807) is 7.11 Å². The van der Waals surface area contributed by atoms with E-state index in [1.165, 1.54) is 18.4 Å². The number of ketones is 1. The van der Waals surface area contributed by atoms with E-state index in [9.17, 15) is 4.79 Å². The summed E-state index contributed by atoms with van der Waals surface area (Å²) in [5.74, 6) is 1.95. The molecule has 1 aliphatic carbocycles. The lowest BCUT2D eigenvalue weighted by Gasteiger charge is -2.35. The highest BCUT2D eigenvalue weighted by Crippen LogP contribution is 2.34. The van der Waals surface area contributed by atoms with Crippen LogP contribution in [0.4, 0.5) is 0 Å². The summed E-state index contributed by atoms with van der Waals surface area (Å²) in [5, 5.41) is 0. The third-order valence-corrected chi connectivity index (χ3v) is 6.07. The van der Waals surface area contributed by atoms with Gasteiger partial charge < -0.3 is 9.64 Å². The maximum atomic E-state index is 13.0. The third-order valence-electron chi connectivity index (χ3n) is 6.07. The fourth-order valence-corrected chi connectivity index (χ4v) is 4.58. The molecule has 0 aromatic heterocycles. The summed E-state index contributed by atoms with van der Waals surface area (Å²) in [6, 6.07) is 16.7. The SMILES string of the molecule is COc1cccc2c1CCC(CN1CCC(c3ccccc3)CC1)C2=O. The quantitative estimate of drug-likeness (QED) is 0.823. The number of hydrogen-bond donors (Lipinski definition) is 0. The molecule has 1 heterocycles. The van der Waals surface area contributed by atoms with Gasteiger partial charge in [-0.2, -0.15) is 0 Å². The molecule has 0 bridgehead atoms. The second kappa shape index (κ2) is 7.63. The van der Waals surface area contributed by atoms with Crippen LogP contribution in [0, 0.1) is 5.92 Å². The Kier molecular flexibility index (Phi) is 5.07. The predicted octanol–water partition coefficient (Wildman–Crippen LogP) is 4.32. The first kappa shape index (κ1) is 17.3. The molecule has 1 aliphatic heterocycles. The van der Waals surface area contributed by atoms with Gasteiger partial charge in [0.1, 0.15) is 5.75 Å². The molecule has 1 saturated heterocycles. The van der Waals surface area contributed by atoms with Crippen LogP contribution in [-0.2, 0) is 6.42 Å². The van der Waals surface area contributed by atoms with E-state index in [0.29, 0.717) is 11.7 Å². The molecule has 2 aromatic carbocycles. The number of Topliss-reactive ketones (excluding diaryl/α,β-unsaturated/α-hetero) is 1. The second-order valence-corrected chi connectivity index (χ2v) is 7.57. The average molecular weight is 349 g/mol. The zero-order chi connectivity index (χ0) is 17.9. The number of ether oxygens (including phenoxy) is 1. The van der Waals surface area contributed by atoms with E-state index in [1.807, 2.05) is 18.2 Å². The average Bonchev–Trinajstić information content (AvgIpc) is 2.71. The molecule has 0 saturated carbocycles. The summed E-state index contributed by atoms with van der Waals surface area (Å²) in [5.41, 5.74) is 3.43. The molecule has 1 unspecified atom stereocenters. The topological polar surface area (TPSA) is 29.5 Å². The summed E-state index contributed by atoms with van der Waals surface area (Å²) >= 11 is 0.